The standard InChI is InChI=1S/C15H19N3O6/c1-9(2)17-14(21)15(22)18-16-7-10-4-5-11(12(6-10)23-3)24-8-13(19)20/h4-7,9H,8H2,1-3H3,(H,17,21)(H,18,22)(H,19,20)/p-1/b16-7-. The summed E-state index contributed by atoms with van der Waals surface area (Å²) in [6, 6.07) is 4.41. The number of hydrogen-bond acceptors (Lipinski definition) is 7. The fourth-order valence-corrected chi connectivity index (χ4v) is 1.56. The van der Waals surface area contributed by atoms with Gasteiger partial charge in [0.2, 0.25) is 0 Å². The van der Waals surface area contributed by atoms with Gasteiger partial charge in [-0.15, -0.1) is 0 Å². The van der Waals surface area contributed by atoms with E-state index in [-0.39, 0.29) is 17.5 Å². The molecular formula is C15H18N3O6-. The fraction of sp³-hybridized carbons (Fsp3) is 0.333. The van der Waals surface area contributed by atoms with Gasteiger partial charge in [-0.25, -0.2) is 5.43 Å². The van der Waals surface area contributed by atoms with E-state index in [0.29, 0.717) is 5.56 Å². The molecule has 9 nitrogen and oxygen atoms in total. The number of hydrazone groups is 1. The second-order valence-corrected chi connectivity index (χ2v) is 4.90. The smallest absolute Gasteiger partial charge is 0.329 e. The van der Waals surface area contributed by atoms with Crippen LogP contribution in [0.1, 0.15) is 19.4 Å². The maximum absolute atomic E-state index is 11.5. The van der Waals surface area contributed by atoms with Crippen LogP contribution >= 0.6 is 0 Å². The summed E-state index contributed by atoms with van der Waals surface area (Å²) in [7, 11) is 1.39. The Morgan fingerprint density at radius 3 is 2.54 bits per heavy atom. The van der Waals surface area contributed by atoms with Crippen LogP contribution < -0.4 is 25.3 Å². The molecule has 1 rings (SSSR count). The van der Waals surface area contributed by atoms with Crippen LogP contribution in [0.25, 0.3) is 0 Å². The summed E-state index contributed by atoms with van der Waals surface area (Å²) in [6.07, 6.45) is 1.30. The van der Waals surface area contributed by atoms with Crippen LogP contribution in [-0.4, -0.2) is 43.8 Å². The molecule has 24 heavy (non-hydrogen) atoms. The Kier molecular flexibility index (Phi) is 7.21. The molecular weight excluding hydrogens is 318 g/mol. The van der Waals surface area contributed by atoms with Crippen molar-refractivity contribution in [3.8, 4) is 11.5 Å². The molecule has 0 radical (unpaired) electrons. The number of benzene rings is 1. The molecule has 2 amide bonds. The molecule has 0 aliphatic rings. The number of methoxy groups -OCH3 is 1. The third-order valence-corrected chi connectivity index (χ3v) is 2.54. The number of amides is 2. The van der Waals surface area contributed by atoms with E-state index >= 15 is 0 Å². The first-order valence-corrected chi connectivity index (χ1v) is 6.98. The van der Waals surface area contributed by atoms with Crippen LogP contribution in [0.3, 0.4) is 0 Å². The van der Waals surface area contributed by atoms with E-state index in [1.165, 1.54) is 25.5 Å². The number of carboxylic acid groups (broad SMARTS) is 1. The lowest BCUT2D eigenvalue weighted by Gasteiger charge is -2.11. The number of rotatable bonds is 7. The van der Waals surface area contributed by atoms with Gasteiger partial charge in [-0.3, -0.25) is 9.59 Å². The number of ether oxygens (including phenoxy) is 2. The van der Waals surface area contributed by atoms with Crippen LogP contribution in [0.5, 0.6) is 11.5 Å². The van der Waals surface area contributed by atoms with Crippen LogP contribution in [0, 0.1) is 0 Å². The summed E-state index contributed by atoms with van der Waals surface area (Å²) < 4.78 is 10.1. The highest BCUT2D eigenvalue weighted by atomic mass is 16.5. The van der Waals surface area contributed by atoms with Crippen molar-refractivity contribution < 1.29 is 29.0 Å². The summed E-state index contributed by atoms with van der Waals surface area (Å²) in [5, 5.41) is 16.5. The second-order valence-electron chi connectivity index (χ2n) is 4.90. The first kappa shape index (κ1) is 18.9. The minimum atomic E-state index is -1.36. The van der Waals surface area contributed by atoms with Crippen molar-refractivity contribution in [1.82, 2.24) is 10.7 Å². The number of carbonyl (C=O) groups excluding carboxylic acids is 3. The normalized spacial score (nSPS) is 10.5. The zero-order valence-electron chi connectivity index (χ0n) is 13.5. The highest BCUT2D eigenvalue weighted by Gasteiger charge is 2.13. The SMILES string of the molecule is COc1cc(/C=N\NC(=O)C(=O)NC(C)C)ccc1OCC(=O)[O-]. The van der Waals surface area contributed by atoms with Crippen molar-refractivity contribution >= 4 is 24.0 Å². The lowest BCUT2D eigenvalue weighted by Crippen LogP contribution is -2.41. The number of nitrogens with one attached hydrogen (secondary N) is 2. The quantitative estimate of drug-likeness (QED) is 0.365. The molecule has 0 saturated carbocycles. The summed E-state index contributed by atoms with van der Waals surface area (Å²) in [5.41, 5.74) is 2.63. The first-order chi connectivity index (χ1) is 11.3. The predicted molar refractivity (Wildman–Crippen MR) is 82.5 cm³/mol. The Hall–Kier alpha value is -3.10. The number of aliphatic carboxylic acids is 1. The molecule has 0 atom stereocenters. The number of nitrogens with zero attached hydrogens (tertiary/aromatic N) is 1. The monoisotopic (exact) mass is 336 g/mol. The van der Waals surface area contributed by atoms with Gasteiger partial charge in [0.1, 0.15) is 6.61 Å². The van der Waals surface area contributed by atoms with Crippen molar-refractivity contribution in [3.05, 3.63) is 23.8 Å². The highest BCUT2D eigenvalue weighted by Crippen LogP contribution is 2.27. The van der Waals surface area contributed by atoms with Gasteiger partial charge in [-0.1, -0.05) is 0 Å². The maximum atomic E-state index is 11.5. The lowest BCUT2D eigenvalue weighted by molar-refractivity contribution is -0.307. The maximum Gasteiger partial charge on any atom is 0.329 e. The third kappa shape index (κ3) is 6.34. The summed E-state index contributed by atoms with van der Waals surface area (Å²) >= 11 is 0. The Labute approximate surface area is 138 Å². The molecule has 0 heterocycles. The van der Waals surface area contributed by atoms with Crippen LogP contribution in [0.15, 0.2) is 23.3 Å². The number of carboxylic acids is 1. The van der Waals surface area contributed by atoms with E-state index in [9.17, 15) is 19.5 Å². The van der Waals surface area contributed by atoms with Crippen molar-refractivity contribution in [2.24, 2.45) is 5.10 Å². The van der Waals surface area contributed by atoms with Gasteiger partial charge >= 0.3 is 11.8 Å². The minimum Gasteiger partial charge on any atom is -0.546 e. The van der Waals surface area contributed by atoms with E-state index in [1.54, 1.807) is 19.9 Å². The van der Waals surface area contributed by atoms with Crippen molar-refractivity contribution in [2.75, 3.05) is 13.7 Å². The highest BCUT2D eigenvalue weighted by molar-refractivity contribution is 6.35. The van der Waals surface area contributed by atoms with Gasteiger partial charge in [0, 0.05) is 6.04 Å². The van der Waals surface area contributed by atoms with E-state index in [0.717, 1.165) is 0 Å². The van der Waals surface area contributed by atoms with Gasteiger partial charge in [0.25, 0.3) is 0 Å². The van der Waals surface area contributed by atoms with Crippen LogP contribution in [-0.2, 0) is 14.4 Å². The minimum absolute atomic E-state index is 0.162. The molecule has 0 spiro atoms. The Balaban J connectivity index is 2.69. The Morgan fingerprint density at radius 1 is 1.25 bits per heavy atom. The zero-order valence-corrected chi connectivity index (χ0v) is 13.5. The average Bonchev–Trinajstić information content (AvgIpc) is 2.52. The number of hydrogen-bond donors (Lipinski definition) is 2. The average molecular weight is 336 g/mol. The van der Waals surface area contributed by atoms with Gasteiger partial charge in [0.05, 0.1) is 19.3 Å². The van der Waals surface area contributed by atoms with E-state index < -0.39 is 24.4 Å². The molecule has 1 aromatic rings. The van der Waals surface area contributed by atoms with Gasteiger partial charge in [-0.05, 0) is 37.6 Å². The topological polar surface area (TPSA) is 129 Å². The fourth-order valence-electron chi connectivity index (χ4n) is 1.56. The molecule has 2 N–H and O–H groups in total. The molecule has 0 saturated heterocycles. The van der Waals surface area contributed by atoms with E-state index in [2.05, 4.69) is 15.8 Å². The lowest BCUT2D eigenvalue weighted by atomic mass is 10.2. The Morgan fingerprint density at radius 2 is 1.96 bits per heavy atom. The number of carbonyl (C=O) groups is 3. The molecule has 0 fully saturated rings. The van der Waals surface area contributed by atoms with E-state index in [4.69, 9.17) is 9.47 Å². The largest absolute Gasteiger partial charge is 0.546 e. The molecule has 0 aromatic heterocycles. The third-order valence-electron chi connectivity index (χ3n) is 2.54. The van der Waals surface area contributed by atoms with Crippen LogP contribution in [0.4, 0.5) is 0 Å². The van der Waals surface area contributed by atoms with Gasteiger partial charge < -0.3 is 24.7 Å². The molecule has 9 heteroatoms. The first-order valence-electron chi connectivity index (χ1n) is 6.98. The molecule has 0 unspecified atom stereocenters. The molecule has 0 aliphatic heterocycles. The van der Waals surface area contributed by atoms with E-state index in [1.807, 2.05) is 0 Å². The molecule has 0 aliphatic carbocycles. The van der Waals surface area contributed by atoms with Gasteiger partial charge in [-0.2, -0.15) is 5.10 Å². The molecule has 1 aromatic carbocycles. The Bertz CT molecular complexity index is 642. The molecule has 130 valence electrons. The van der Waals surface area contributed by atoms with Gasteiger partial charge in [0.15, 0.2) is 11.5 Å². The van der Waals surface area contributed by atoms with Crippen molar-refractivity contribution in [3.63, 3.8) is 0 Å². The summed E-state index contributed by atoms with van der Waals surface area (Å²) in [4.78, 5) is 33.2. The van der Waals surface area contributed by atoms with Crippen molar-refractivity contribution in [2.45, 2.75) is 19.9 Å². The second kappa shape index (κ2) is 9.13. The van der Waals surface area contributed by atoms with Crippen LogP contribution in [0.2, 0.25) is 0 Å². The predicted octanol–water partition coefficient (Wildman–Crippen LogP) is -1.20. The van der Waals surface area contributed by atoms with Crippen molar-refractivity contribution in [1.29, 1.82) is 0 Å². The summed E-state index contributed by atoms with van der Waals surface area (Å²) in [6.45, 7) is 2.85. The zero-order chi connectivity index (χ0) is 18.1. The molecule has 0 bridgehead atoms. The summed E-state index contributed by atoms with van der Waals surface area (Å²) in [5.74, 6) is -2.53.